The number of carbonyl (C=O) groups is 11. The number of ketones is 2. The third kappa shape index (κ3) is 35.2. The standard InChI is InChI=1S/C38H57N7O5.C37H53N3O7.C7H15N3O/c1-27(2)23-30(35(47)41-32(17-11-12-18-39)37(49)44-19-21-45(22-20-44)38(50)43(3)4)26-34(46)33(25-29-15-9-6-10-16-29)42-36(48)31(40)24-28-13-7-5-8-14-28;1-25(2)21-29(34(43)39-30(35(44)45)19-13-14-20-38-36(46)47-37(4,5)6)24-32(41)31(23-28-17-11-8-12-18-28)40-33(42)26(3)22-27-15-9-7-10-16-27;1-9(2)7(11)10-5-3-8-4-6-10/h5-10,13-16,27,30-33H,11-12,17-26,39-40H2,1-4H3,(H,41,47)(H,42,48);7-12,15-18,25-26,29-31H,13-14,19-24H2,1-6H3,(H,38,46)(H,39,43)(H,40,42)(H,44,45);8H,3-6H2,1-2H3/t30-,31+,32+,33+;26-,29+,30-,31-;/m01./s1. The predicted octanol–water partition coefficient (Wildman–Crippen LogP) is 7.40. The number of rotatable bonds is 37. The van der Waals surface area contributed by atoms with Gasteiger partial charge in [0.1, 0.15) is 17.7 Å². The Bertz CT molecular complexity index is 3400. The zero-order valence-corrected chi connectivity index (χ0v) is 66.0. The van der Waals surface area contributed by atoms with Crippen LogP contribution in [0, 0.1) is 29.6 Å². The van der Waals surface area contributed by atoms with Crippen LogP contribution in [0.4, 0.5) is 14.4 Å². The number of alkyl carbamates (subject to hydrolysis) is 1. The third-order valence-corrected chi connectivity index (χ3v) is 18.4. The highest BCUT2D eigenvalue weighted by atomic mass is 16.6. The number of unbranched alkanes of at least 4 members (excludes halogenated alkanes) is 2. The number of piperazine rings is 2. The van der Waals surface area contributed by atoms with Crippen molar-refractivity contribution in [1.82, 2.24) is 56.4 Å². The van der Waals surface area contributed by atoms with Crippen molar-refractivity contribution in [3.8, 4) is 0 Å². The highest BCUT2D eigenvalue weighted by Gasteiger charge is 2.36. The molecule has 8 atom stereocenters. The van der Waals surface area contributed by atoms with Crippen LogP contribution in [0.1, 0.15) is 142 Å². The lowest BCUT2D eigenvalue weighted by Crippen LogP contribution is -2.57. The summed E-state index contributed by atoms with van der Waals surface area (Å²) in [6.07, 6.45) is 4.22. The molecule has 4 aromatic carbocycles. The van der Waals surface area contributed by atoms with Gasteiger partial charge in [-0.05, 0) is 138 Å². The van der Waals surface area contributed by atoms with E-state index >= 15 is 0 Å². The fraction of sp³-hybridized carbons (Fsp3) is 0.573. The summed E-state index contributed by atoms with van der Waals surface area (Å²) in [6.45, 7) is 20.7. The minimum Gasteiger partial charge on any atom is -0.480 e. The quantitative estimate of drug-likeness (QED) is 0.0199. The molecule has 108 heavy (non-hydrogen) atoms. The molecule has 2 aliphatic rings. The number of Topliss-reactive ketones (excluding diaryl/α,β-unsaturated/α-hetero) is 2. The number of nitrogens with zero attached hydrogens (tertiary/aromatic N) is 5. The van der Waals surface area contributed by atoms with E-state index in [1.807, 2.05) is 161 Å². The SMILES string of the molecule is CC(C)C[C@@H](CC(=O)[C@@H](Cc1ccccc1)NC(=O)[C@H](C)Cc1ccccc1)C(=O)N[C@H](CCCCNC(=O)OC(C)(C)C)C(=O)O.CC(C)C[C@@H](CC(=O)[C@@H](Cc1ccccc1)NC(=O)[C@H](N)Cc1ccccc1)C(=O)N[C@H](CCCCN)C(=O)N1CCN(C(=O)N(C)C)CC1.CN(C)C(=O)N1CCNCC1. The molecule has 0 spiro atoms. The van der Waals surface area contributed by atoms with Crippen molar-refractivity contribution in [3.63, 3.8) is 0 Å². The van der Waals surface area contributed by atoms with Gasteiger partial charge in [0.2, 0.25) is 29.5 Å². The van der Waals surface area contributed by atoms with Crippen molar-refractivity contribution in [2.75, 3.05) is 93.6 Å². The highest BCUT2D eigenvalue weighted by molar-refractivity contribution is 5.96. The van der Waals surface area contributed by atoms with E-state index in [4.69, 9.17) is 16.2 Å². The molecule has 2 fully saturated rings. The molecule has 4 aromatic rings. The molecule has 11 N–H and O–H groups in total. The Morgan fingerprint density at radius 2 is 0.870 bits per heavy atom. The number of carbonyl (C=O) groups excluding carboxylic acids is 10. The van der Waals surface area contributed by atoms with Crippen LogP contribution in [0.15, 0.2) is 121 Å². The summed E-state index contributed by atoms with van der Waals surface area (Å²) >= 11 is 0. The van der Waals surface area contributed by atoms with Crippen molar-refractivity contribution in [2.45, 2.75) is 181 Å². The van der Waals surface area contributed by atoms with Crippen LogP contribution >= 0.6 is 0 Å². The predicted molar refractivity (Wildman–Crippen MR) is 420 cm³/mol. The van der Waals surface area contributed by atoms with E-state index in [0.29, 0.717) is 97.1 Å². The van der Waals surface area contributed by atoms with Crippen molar-refractivity contribution in [2.24, 2.45) is 41.1 Å². The summed E-state index contributed by atoms with van der Waals surface area (Å²) in [5.41, 5.74) is 15.1. The molecule has 2 heterocycles. The average Bonchev–Trinajstić information content (AvgIpc) is 0.840. The Hall–Kier alpha value is -9.27. The molecule has 26 heteroatoms. The first-order valence-corrected chi connectivity index (χ1v) is 38.2. The van der Waals surface area contributed by atoms with Gasteiger partial charge in [-0.1, -0.05) is 156 Å². The van der Waals surface area contributed by atoms with Gasteiger partial charge in [-0.3, -0.25) is 33.6 Å². The number of benzene rings is 4. The van der Waals surface area contributed by atoms with Crippen molar-refractivity contribution < 1.29 is 62.6 Å². The Labute approximate surface area is 640 Å². The third-order valence-electron chi connectivity index (χ3n) is 18.4. The molecule has 2 saturated heterocycles. The number of aliphatic carboxylic acids is 1. The molecule has 0 aliphatic carbocycles. The largest absolute Gasteiger partial charge is 0.480 e. The lowest BCUT2D eigenvalue weighted by Gasteiger charge is -2.37. The lowest BCUT2D eigenvalue weighted by molar-refractivity contribution is -0.143. The van der Waals surface area contributed by atoms with Gasteiger partial charge in [0.05, 0.1) is 18.1 Å². The molecule has 596 valence electrons. The fourth-order valence-electron chi connectivity index (χ4n) is 12.6. The first-order chi connectivity index (χ1) is 51.2. The van der Waals surface area contributed by atoms with Gasteiger partial charge in [0, 0.05) is 118 Å². The molecular weight excluding hydrogens is 1370 g/mol. The van der Waals surface area contributed by atoms with Crippen LogP contribution in [0.3, 0.4) is 0 Å². The maximum Gasteiger partial charge on any atom is 0.407 e. The van der Waals surface area contributed by atoms with Gasteiger partial charge in [-0.25, -0.2) is 19.2 Å². The van der Waals surface area contributed by atoms with Gasteiger partial charge < -0.3 is 77.7 Å². The second-order valence-electron chi connectivity index (χ2n) is 30.5. The highest BCUT2D eigenvalue weighted by Crippen LogP contribution is 2.23. The van der Waals surface area contributed by atoms with E-state index < -0.39 is 71.5 Å². The number of amides is 10. The summed E-state index contributed by atoms with van der Waals surface area (Å²) in [7, 11) is 6.95. The maximum absolute atomic E-state index is 14.0. The van der Waals surface area contributed by atoms with E-state index in [1.54, 1.807) is 63.7 Å². The van der Waals surface area contributed by atoms with Gasteiger partial charge in [-0.15, -0.1) is 0 Å². The molecule has 0 unspecified atom stereocenters. The average molecular weight is 1500 g/mol. The van der Waals surface area contributed by atoms with Crippen LogP contribution in [-0.4, -0.2) is 224 Å². The number of ether oxygens (including phenoxy) is 1. The Morgan fingerprint density at radius 3 is 1.29 bits per heavy atom. The summed E-state index contributed by atoms with van der Waals surface area (Å²) in [5.74, 6) is -5.21. The number of nitrogens with one attached hydrogen (secondary N) is 6. The maximum atomic E-state index is 14.0. The van der Waals surface area contributed by atoms with E-state index in [-0.39, 0.29) is 91.2 Å². The van der Waals surface area contributed by atoms with Crippen molar-refractivity contribution >= 4 is 65.2 Å². The Kier molecular flexibility index (Phi) is 40.7. The molecular formula is C82H125N13O13. The molecule has 2 aliphatic heterocycles. The van der Waals surface area contributed by atoms with Crippen LogP contribution in [-0.2, 0) is 68.8 Å². The summed E-state index contributed by atoms with van der Waals surface area (Å²) < 4.78 is 5.20. The number of carboxylic acid groups (broad SMARTS) is 1. The molecule has 0 radical (unpaired) electrons. The second-order valence-corrected chi connectivity index (χ2v) is 30.5. The van der Waals surface area contributed by atoms with E-state index in [1.165, 1.54) is 4.90 Å². The van der Waals surface area contributed by atoms with E-state index in [2.05, 4.69) is 31.9 Å². The van der Waals surface area contributed by atoms with Crippen molar-refractivity contribution in [3.05, 3.63) is 144 Å². The van der Waals surface area contributed by atoms with Crippen LogP contribution in [0.2, 0.25) is 0 Å². The lowest BCUT2D eigenvalue weighted by atomic mass is 9.88. The number of carboxylic acids is 1. The zero-order valence-electron chi connectivity index (χ0n) is 66.0. The van der Waals surface area contributed by atoms with Gasteiger partial charge in [0.25, 0.3) is 0 Å². The van der Waals surface area contributed by atoms with Crippen LogP contribution in [0.25, 0.3) is 0 Å². The first-order valence-electron chi connectivity index (χ1n) is 38.2. The second kappa shape index (κ2) is 48.2. The number of hydrogen-bond acceptors (Lipinski definition) is 15. The van der Waals surface area contributed by atoms with Gasteiger partial charge in [-0.2, -0.15) is 0 Å². The molecule has 26 nitrogen and oxygen atoms in total. The number of urea groups is 2. The van der Waals surface area contributed by atoms with Crippen LogP contribution in [0.5, 0.6) is 0 Å². The zero-order chi connectivity index (χ0) is 79.9. The summed E-state index contributed by atoms with van der Waals surface area (Å²) in [4.78, 5) is 152. The minimum absolute atomic E-state index is 0.0637. The minimum atomic E-state index is -1.17. The summed E-state index contributed by atoms with van der Waals surface area (Å²) in [6, 6.07) is 33.4. The van der Waals surface area contributed by atoms with Crippen molar-refractivity contribution in [1.29, 1.82) is 0 Å². The molecule has 0 bridgehead atoms. The topological polar surface area (TPSA) is 358 Å². The molecule has 6 rings (SSSR count). The first kappa shape index (κ1) is 91.1. The fourth-order valence-corrected chi connectivity index (χ4v) is 12.6. The molecule has 0 aromatic heterocycles. The molecule has 0 saturated carbocycles. The normalized spacial score (nSPS) is 15.1. The number of hydrogen-bond donors (Lipinski definition) is 9. The molecule has 10 amide bonds. The smallest absolute Gasteiger partial charge is 0.407 e. The summed E-state index contributed by atoms with van der Waals surface area (Å²) in [5, 5.41) is 27.1. The van der Waals surface area contributed by atoms with Gasteiger partial charge in [0.15, 0.2) is 11.6 Å². The Morgan fingerprint density at radius 1 is 0.491 bits per heavy atom. The van der Waals surface area contributed by atoms with E-state index in [0.717, 1.165) is 48.4 Å². The number of nitrogens with two attached hydrogens (primary N) is 2. The van der Waals surface area contributed by atoms with Crippen LogP contribution < -0.4 is 43.4 Å². The Balaban J connectivity index is 0.000000399. The monoisotopic (exact) mass is 1500 g/mol. The van der Waals surface area contributed by atoms with E-state index in [9.17, 15) is 57.8 Å². The van der Waals surface area contributed by atoms with Gasteiger partial charge >= 0.3 is 24.1 Å².